The molecule has 0 radical (unpaired) electrons. The van der Waals surface area contributed by atoms with Gasteiger partial charge in [-0.1, -0.05) is 41.6 Å². The zero-order valence-electron chi connectivity index (χ0n) is 9.89. The molecule has 4 heteroatoms. The van der Waals surface area contributed by atoms with E-state index in [9.17, 15) is 4.79 Å². The number of benzene rings is 2. The topological polar surface area (TPSA) is 32.9 Å². The monoisotopic (exact) mass is 287 g/mol. The number of rotatable bonds is 2. The van der Waals surface area contributed by atoms with E-state index in [0.717, 1.165) is 15.2 Å². The highest BCUT2D eigenvalue weighted by Gasteiger charge is 2.06. The first kappa shape index (κ1) is 12.3. The molecule has 0 spiro atoms. The molecule has 0 aliphatic carbocycles. The summed E-state index contributed by atoms with van der Waals surface area (Å²) in [5, 5.41) is 2.17. The fourth-order valence-corrected chi connectivity index (χ4v) is 3.02. The number of halogens is 1. The molecule has 2 nitrogen and oxygen atoms in total. The first-order valence-electron chi connectivity index (χ1n) is 5.78. The Bertz CT molecular complexity index is 783. The van der Waals surface area contributed by atoms with Gasteiger partial charge in [0.2, 0.25) is 0 Å². The lowest BCUT2D eigenvalue weighted by molar-refractivity contribution is 1.22. The molecule has 0 aliphatic heterocycles. The second-order valence-electron chi connectivity index (χ2n) is 4.09. The van der Waals surface area contributed by atoms with Crippen LogP contribution in [0.4, 0.5) is 0 Å². The zero-order chi connectivity index (χ0) is 13.2. The quantitative estimate of drug-likeness (QED) is 0.761. The second-order valence-corrected chi connectivity index (χ2v) is 5.64. The maximum atomic E-state index is 11.8. The van der Waals surface area contributed by atoms with Crippen molar-refractivity contribution in [1.82, 2.24) is 4.98 Å². The van der Waals surface area contributed by atoms with Crippen LogP contribution in [0.25, 0.3) is 10.8 Å². The third-order valence-electron chi connectivity index (χ3n) is 2.80. The van der Waals surface area contributed by atoms with Crippen molar-refractivity contribution < 1.29 is 0 Å². The van der Waals surface area contributed by atoms with Crippen LogP contribution in [0.1, 0.15) is 0 Å². The smallest absolute Gasteiger partial charge is 0.255 e. The van der Waals surface area contributed by atoms with Gasteiger partial charge in [0, 0.05) is 31.8 Å². The molecule has 19 heavy (non-hydrogen) atoms. The number of hydrogen-bond donors (Lipinski definition) is 1. The van der Waals surface area contributed by atoms with Gasteiger partial charge < -0.3 is 4.98 Å². The van der Waals surface area contributed by atoms with E-state index in [1.165, 1.54) is 0 Å². The molecule has 0 saturated carbocycles. The number of pyridine rings is 1. The van der Waals surface area contributed by atoms with Crippen molar-refractivity contribution in [2.24, 2.45) is 0 Å². The van der Waals surface area contributed by atoms with Gasteiger partial charge in [-0.05, 0) is 30.3 Å². The van der Waals surface area contributed by atoms with E-state index in [1.807, 2.05) is 36.4 Å². The lowest BCUT2D eigenvalue weighted by atomic mass is 10.2. The van der Waals surface area contributed by atoms with Crippen molar-refractivity contribution >= 4 is 34.1 Å². The summed E-state index contributed by atoms with van der Waals surface area (Å²) in [5.74, 6) is 0. The molecule has 0 amide bonds. The number of aromatic amines is 1. The summed E-state index contributed by atoms with van der Waals surface area (Å²) in [6.45, 7) is 0. The van der Waals surface area contributed by atoms with Crippen LogP contribution in [0.3, 0.4) is 0 Å². The van der Waals surface area contributed by atoms with Crippen LogP contribution < -0.4 is 5.56 Å². The Balaban J connectivity index is 2.16. The van der Waals surface area contributed by atoms with E-state index >= 15 is 0 Å². The third kappa shape index (κ3) is 2.53. The van der Waals surface area contributed by atoms with Crippen LogP contribution in [0.2, 0.25) is 5.02 Å². The average molecular weight is 288 g/mol. The molecule has 94 valence electrons. The first-order valence-corrected chi connectivity index (χ1v) is 6.97. The van der Waals surface area contributed by atoms with Gasteiger partial charge in [-0.15, -0.1) is 0 Å². The van der Waals surface area contributed by atoms with Crippen LogP contribution in [0, 0.1) is 0 Å². The summed E-state index contributed by atoms with van der Waals surface area (Å²) in [6.07, 6.45) is 1.73. The number of fused-ring (bicyclic) bond motifs is 1. The van der Waals surface area contributed by atoms with Gasteiger partial charge in [-0.25, -0.2) is 0 Å². The van der Waals surface area contributed by atoms with Crippen LogP contribution in [-0.4, -0.2) is 4.98 Å². The van der Waals surface area contributed by atoms with E-state index in [0.29, 0.717) is 10.4 Å². The highest BCUT2D eigenvalue weighted by molar-refractivity contribution is 7.99. The average Bonchev–Trinajstić information content (AvgIpc) is 2.43. The molecule has 0 fully saturated rings. The molecular weight excluding hydrogens is 278 g/mol. The number of H-pyrrole nitrogens is 1. The summed E-state index contributed by atoms with van der Waals surface area (Å²) in [7, 11) is 0. The zero-order valence-corrected chi connectivity index (χ0v) is 11.5. The summed E-state index contributed by atoms with van der Waals surface area (Å²) in [4.78, 5) is 16.7. The number of hydrogen-bond acceptors (Lipinski definition) is 2. The van der Waals surface area contributed by atoms with Crippen LogP contribution in [0.5, 0.6) is 0 Å². The Kier molecular flexibility index (Phi) is 3.32. The molecule has 0 unspecified atom stereocenters. The minimum absolute atomic E-state index is 0.0934. The van der Waals surface area contributed by atoms with Gasteiger partial charge in [-0.2, -0.15) is 0 Å². The Morgan fingerprint density at radius 1 is 1.00 bits per heavy atom. The van der Waals surface area contributed by atoms with Gasteiger partial charge in [0.15, 0.2) is 0 Å². The van der Waals surface area contributed by atoms with Gasteiger partial charge in [-0.3, -0.25) is 4.79 Å². The minimum Gasteiger partial charge on any atom is -0.327 e. The molecule has 1 aromatic heterocycles. The van der Waals surface area contributed by atoms with E-state index in [-0.39, 0.29) is 5.56 Å². The van der Waals surface area contributed by atoms with Crippen molar-refractivity contribution in [3.8, 4) is 0 Å². The van der Waals surface area contributed by atoms with Crippen LogP contribution in [0.15, 0.2) is 69.3 Å². The fourth-order valence-electron chi connectivity index (χ4n) is 1.90. The van der Waals surface area contributed by atoms with Crippen LogP contribution >= 0.6 is 23.4 Å². The molecule has 0 bridgehead atoms. The SMILES string of the molecule is O=c1[nH]cc(Sc2ccccc2)c2cc(Cl)ccc12. The predicted molar refractivity (Wildman–Crippen MR) is 80.1 cm³/mol. The Morgan fingerprint density at radius 2 is 1.79 bits per heavy atom. The molecule has 0 aliphatic rings. The normalized spacial score (nSPS) is 10.8. The molecule has 3 rings (SSSR count). The van der Waals surface area contributed by atoms with Crippen molar-refractivity contribution in [3.05, 3.63) is 70.1 Å². The molecule has 3 aromatic rings. The van der Waals surface area contributed by atoms with E-state index < -0.39 is 0 Å². The molecule has 0 saturated heterocycles. The van der Waals surface area contributed by atoms with E-state index in [1.54, 1.807) is 30.1 Å². The summed E-state index contributed by atoms with van der Waals surface area (Å²) in [6, 6.07) is 15.3. The number of nitrogens with one attached hydrogen (secondary N) is 1. The fraction of sp³-hybridized carbons (Fsp3) is 0. The standard InChI is InChI=1S/C15H10ClNOS/c16-10-6-7-12-13(8-10)14(9-17-15(12)18)19-11-4-2-1-3-5-11/h1-9H,(H,17,18). The van der Waals surface area contributed by atoms with Gasteiger partial charge >= 0.3 is 0 Å². The lowest BCUT2D eigenvalue weighted by Crippen LogP contribution is -2.05. The molecule has 2 aromatic carbocycles. The predicted octanol–water partition coefficient (Wildman–Crippen LogP) is 4.33. The summed E-state index contributed by atoms with van der Waals surface area (Å²) in [5.41, 5.74) is -0.0934. The van der Waals surface area contributed by atoms with Crippen molar-refractivity contribution in [1.29, 1.82) is 0 Å². The third-order valence-corrected chi connectivity index (χ3v) is 4.10. The second kappa shape index (κ2) is 5.11. The summed E-state index contributed by atoms with van der Waals surface area (Å²) < 4.78 is 0. The van der Waals surface area contributed by atoms with Gasteiger partial charge in [0.25, 0.3) is 5.56 Å². The van der Waals surface area contributed by atoms with Gasteiger partial charge in [0.1, 0.15) is 0 Å². The van der Waals surface area contributed by atoms with E-state index in [2.05, 4.69) is 4.98 Å². The minimum atomic E-state index is -0.0934. The molecular formula is C15H10ClNOS. The highest BCUT2D eigenvalue weighted by Crippen LogP contribution is 2.32. The Morgan fingerprint density at radius 3 is 2.58 bits per heavy atom. The van der Waals surface area contributed by atoms with Gasteiger partial charge in [0.05, 0.1) is 0 Å². The van der Waals surface area contributed by atoms with Crippen molar-refractivity contribution in [2.75, 3.05) is 0 Å². The maximum Gasteiger partial charge on any atom is 0.255 e. The van der Waals surface area contributed by atoms with Crippen molar-refractivity contribution in [2.45, 2.75) is 9.79 Å². The van der Waals surface area contributed by atoms with E-state index in [4.69, 9.17) is 11.6 Å². The number of aromatic nitrogens is 1. The Hall–Kier alpha value is -1.71. The van der Waals surface area contributed by atoms with Crippen LogP contribution in [-0.2, 0) is 0 Å². The lowest BCUT2D eigenvalue weighted by Gasteiger charge is -2.06. The maximum absolute atomic E-state index is 11.8. The van der Waals surface area contributed by atoms with Crippen molar-refractivity contribution in [3.63, 3.8) is 0 Å². The molecule has 0 atom stereocenters. The molecule has 1 heterocycles. The Labute approximate surface area is 119 Å². The first-order chi connectivity index (χ1) is 9.24. The largest absolute Gasteiger partial charge is 0.327 e. The summed E-state index contributed by atoms with van der Waals surface area (Å²) >= 11 is 7.63. The molecule has 1 N–H and O–H groups in total. The highest BCUT2D eigenvalue weighted by atomic mass is 35.5.